The molecule has 8 atom stereocenters. The lowest BCUT2D eigenvalue weighted by atomic mass is 9.82. The number of carbonyl (C=O) groups excluding carboxylic acids is 7. The average Bonchev–Trinajstić information content (AvgIpc) is 3.70. The molecule has 2 fully saturated rings. The highest BCUT2D eigenvalue weighted by atomic mass is 16.6. The van der Waals surface area contributed by atoms with Gasteiger partial charge in [-0.15, -0.1) is 6.58 Å². The van der Waals surface area contributed by atoms with Gasteiger partial charge in [0.1, 0.15) is 36.8 Å². The minimum Gasteiger partial charge on any atom is -0.460 e. The molecule has 58 heavy (non-hydrogen) atoms. The molecular formula is C44H67N5O9. The predicted molar refractivity (Wildman–Crippen MR) is 220 cm³/mol. The van der Waals surface area contributed by atoms with Gasteiger partial charge in [-0.05, 0) is 69.8 Å². The Morgan fingerprint density at radius 3 is 2.14 bits per heavy atom. The van der Waals surface area contributed by atoms with Gasteiger partial charge in [0.2, 0.25) is 23.6 Å². The fraction of sp³-hybridized carbons (Fsp3) is 0.659. The molecule has 0 aliphatic carbocycles. The number of unbranched alkanes of at least 4 members (excludes halogenated alkanes) is 1. The average molecular weight is 810 g/mol. The van der Waals surface area contributed by atoms with E-state index in [1.807, 2.05) is 44.2 Å². The van der Waals surface area contributed by atoms with Gasteiger partial charge in [0.15, 0.2) is 6.10 Å². The van der Waals surface area contributed by atoms with Crippen LogP contribution in [0.2, 0.25) is 0 Å². The zero-order valence-electron chi connectivity index (χ0n) is 36.0. The lowest BCUT2D eigenvalue weighted by Gasteiger charge is -2.37. The number of carbonyl (C=O) groups is 7. The highest BCUT2D eigenvalue weighted by molar-refractivity contribution is 5.96. The number of hydrogen-bond acceptors (Lipinski definition) is 9. The molecule has 5 amide bonds. The van der Waals surface area contributed by atoms with E-state index >= 15 is 0 Å². The molecule has 2 saturated heterocycles. The fourth-order valence-electron chi connectivity index (χ4n) is 7.31. The number of benzene rings is 1. The van der Waals surface area contributed by atoms with Gasteiger partial charge in [0, 0.05) is 25.9 Å². The SMILES string of the molecule is C=CCCC[C@@H]1OC(=O)CNC(=O)[C@H]([C@@H](C)CC)NC(=O)[C@@H]2CCCN2C(=O)C([C@@H](C)CC)OC(=O)C(Cc2ccccc2)N(C)C(=O)[C@H](C(C)C)NC(=O)C1(C)C. The van der Waals surface area contributed by atoms with Gasteiger partial charge in [-0.25, -0.2) is 4.79 Å². The maximum atomic E-state index is 14.5. The van der Waals surface area contributed by atoms with Gasteiger partial charge in [-0.1, -0.05) is 84.4 Å². The van der Waals surface area contributed by atoms with Gasteiger partial charge >= 0.3 is 11.9 Å². The fourth-order valence-corrected chi connectivity index (χ4v) is 7.31. The van der Waals surface area contributed by atoms with Crippen LogP contribution in [0.5, 0.6) is 0 Å². The predicted octanol–water partition coefficient (Wildman–Crippen LogP) is 4.10. The Hall–Kier alpha value is -4.75. The van der Waals surface area contributed by atoms with Crippen LogP contribution in [-0.4, -0.2) is 108 Å². The maximum Gasteiger partial charge on any atom is 0.329 e. The van der Waals surface area contributed by atoms with Crippen LogP contribution in [-0.2, 0) is 49.5 Å². The Labute approximate surface area is 344 Å². The number of nitrogens with one attached hydrogen (secondary N) is 3. The summed E-state index contributed by atoms with van der Waals surface area (Å²) in [7, 11) is 1.48. The first-order valence-electron chi connectivity index (χ1n) is 20.9. The lowest BCUT2D eigenvalue weighted by molar-refractivity contribution is -0.170. The van der Waals surface area contributed by atoms with E-state index in [-0.39, 0.29) is 25.3 Å². The van der Waals surface area contributed by atoms with Crippen LogP contribution in [0, 0.1) is 23.2 Å². The van der Waals surface area contributed by atoms with Crippen molar-refractivity contribution >= 4 is 41.5 Å². The van der Waals surface area contributed by atoms with Crippen LogP contribution < -0.4 is 16.0 Å². The summed E-state index contributed by atoms with van der Waals surface area (Å²) in [6, 6.07) is 4.85. The number of likely N-dealkylation sites (N-methyl/N-ethyl adjacent to an activating group) is 1. The molecule has 2 heterocycles. The summed E-state index contributed by atoms with van der Waals surface area (Å²) < 4.78 is 12.0. The number of hydrogen-bond donors (Lipinski definition) is 3. The molecule has 0 bridgehead atoms. The second-order valence-electron chi connectivity index (χ2n) is 16.8. The van der Waals surface area contributed by atoms with Gasteiger partial charge in [0.25, 0.3) is 5.91 Å². The van der Waals surface area contributed by atoms with Gasteiger partial charge < -0.3 is 35.2 Å². The third-order valence-corrected chi connectivity index (χ3v) is 11.8. The third kappa shape index (κ3) is 12.1. The Balaban J connectivity index is 2.16. The van der Waals surface area contributed by atoms with Gasteiger partial charge in [0.05, 0.1) is 5.41 Å². The molecule has 0 saturated carbocycles. The molecule has 0 aromatic heterocycles. The quantitative estimate of drug-likeness (QED) is 0.169. The van der Waals surface area contributed by atoms with E-state index in [0.29, 0.717) is 38.5 Å². The van der Waals surface area contributed by atoms with E-state index in [9.17, 15) is 33.6 Å². The zero-order valence-corrected chi connectivity index (χ0v) is 36.0. The minimum absolute atomic E-state index is 0.0583. The molecule has 14 heteroatoms. The molecule has 14 nitrogen and oxygen atoms in total. The van der Waals surface area contributed by atoms with Crippen LogP contribution in [0.4, 0.5) is 0 Å². The van der Waals surface area contributed by atoms with Crippen LogP contribution in [0.1, 0.15) is 106 Å². The number of esters is 2. The topological polar surface area (TPSA) is 181 Å². The van der Waals surface area contributed by atoms with Crippen molar-refractivity contribution in [2.45, 2.75) is 143 Å². The minimum atomic E-state index is -1.35. The number of cyclic esters (lactones) is 2. The Morgan fingerprint density at radius 2 is 1.53 bits per heavy atom. The summed E-state index contributed by atoms with van der Waals surface area (Å²) in [5.74, 6) is -5.60. The van der Waals surface area contributed by atoms with Crippen molar-refractivity contribution in [1.82, 2.24) is 25.8 Å². The van der Waals surface area contributed by atoms with E-state index < -0.39 is 102 Å². The summed E-state index contributed by atoms with van der Waals surface area (Å²) in [6.07, 6.45) is 2.82. The smallest absolute Gasteiger partial charge is 0.329 e. The van der Waals surface area contributed by atoms with Gasteiger partial charge in [-0.3, -0.25) is 28.8 Å². The monoisotopic (exact) mass is 809 g/mol. The van der Waals surface area contributed by atoms with Crippen molar-refractivity contribution in [3.8, 4) is 0 Å². The molecule has 2 aliphatic rings. The Morgan fingerprint density at radius 1 is 0.879 bits per heavy atom. The molecule has 1 aromatic rings. The largest absolute Gasteiger partial charge is 0.460 e. The first kappa shape index (κ1) is 47.6. The van der Waals surface area contributed by atoms with E-state index in [1.54, 1.807) is 47.6 Å². The molecule has 322 valence electrons. The molecular weight excluding hydrogens is 743 g/mol. The Kier molecular flexibility index (Phi) is 17.9. The number of amides is 5. The number of fused-ring (bicyclic) bond motifs is 1. The molecule has 1 aromatic carbocycles. The molecule has 3 N–H and O–H groups in total. The molecule has 2 unspecified atom stereocenters. The number of rotatable bonds is 11. The van der Waals surface area contributed by atoms with E-state index in [4.69, 9.17) is 9.47 Å². The van der Waals surface area contributed by atoms with Crippen molar-refractivity contribution in [3.63, 3.8) is 0 Å². The van der Waals surface area contributed by atoms with Crippen molar-refractivity contribution in [2.75, 3.05) is 20.1 Å². The summed E-state index contributed by atoms with van der Waals surface area (Å²) in [4.78, 5) is 101. The van der Waals surface area contributed by atoms with Crippen molar-refractivity contribution in [3.05, 3.63) is 48.6 Å². The zero-order chi connectivity index (χ0) is 43.3. The third-order valence-electron chi connectivity index (χ3n) is 11.8. The van der Waals surface area contributed by atoms with Crippen molar-refractivity contribution in [2.24, 2.45) is 23.2 Å². The van der Waals surface area contributed by atoms with E-state index in [2.05, 4.69) is 22.5 Å². The Bertz CT molecular complexity index is 1610. The second-order valence-corrected chi connectivity index (χ2v) is 16.8. The summed E-state index contributed by atoms with van der Waals surface area (Å²) in [5, 5.41) is 8.34. The van der Waals surface area contributed by atoms with Crippen LogP contribution in [0.25, 0.3) is 0 Å². The molecule has 3 rings (SSSR count). The molecule has 0 spiro atoms. The maximum absolute atomic E-state index is 14.5. The van der Waals surface area contributed by atoms with Crippen molar-refractivity contribution < 1.29 is 43.0 Å². The number of ether oxygens (including phenoxy) is 2. The standard InChI is InChI=1S/C44H67N5O9/c1-11-14-16-23-33-44(8,9)43(56)47-35(27(4)5)40(53)48(10)32(25-30-20-17-15-18-21-30)42(55)58-37(29(7)13-3)41(54)49-24-19-22-31(49)38(51)46-36(28(6)12-2)39(52)45-26-34(50)57-33/h11,15,17-18,20-21,27-29,31-33,35-37H,1,12-14,16,19,22-26H2,2-10H3,(H,45,52)(H,46,51)(H,47,56)/t28-,29-,31-,32?,33-,35-,36-,37?/m0/s1. The molecule has 2 aliphatic heterocycles. The van der Waals surface area contributed by atoms with Crippen LogP contribution in [0.3, 0.4) is 0 Å². The summed E-state index contributed by atoms with van der Waals surface area (Å²) in [6.45, 7) is 17.6. The first-order valence-corrected chi connectivity index (χ1v) is 20.9. The summed E-state index contributed by atoms with van der Waals surface area (Å²) in [5.41, 5.74) is -0.611. The lowest BCUT2D eigenvalue weighted by Crippen LogP contribution is -2.59. The van der Waals surface area contributed by atoms with E-state index in [0.717, 1.165) is 5.56 Å². The highest BCUT2D eigenvalue weighted by Crippen LogP contribution is 2.30. The second kappa shape index (κ2) is 21.9. The molecule has 0 radical (unpaired) electrons. The normalized spacial score (nSPS) is 26.9. The van der Waals surface area contributed by atoms with Crippen LogP contribution >= 0.6 is 0 Å². The first-order chi connectivity index (χ1) is 27.4. The van der Waals surface area contributed by atoms with Crippen molar-refractivity contribution in [1.29, 1.82) is 0 Å². The highest BCUT2D eigenvalue weighted by Gasteiger charge is 2.45. The van der Waals surface area contributed by atoms with Crippen LogP contribution in [0.15, 0.2) is 43.0 Å². The number of nitrogens with zero attached hydrogens (tertiary/aromatic N) is 2. The summed E-state index contributed by atoms with van der Waals surface area (Å²) >= 11 is 0. The van der Waals surface area contributed by atoms with E-state index in [1.165, 1.54) is 16.8 Å². The number of allylic oxidation sites excluding steroid dienone is 1. The van der Waals surface area contributed by atoms with Gasteiger partial charge in [-0.2, -0.15) is 0 Å².